The Bertz CT molecular complexity index is 398. The van der Waals surface area contributed by atoms with Crippen LogP contribution in [0.3, 0.4) is 0 Å². The van der Waals surface area contributed by atoms with Crippen LogP contribution in [0, 0.1) is 12.8 Å². The second-order valence-corrected chi connectivity index (χ2v) is 5.57. The monoisotopic (exact) mass is 276 g/mol. The molecule has 1 rings (SSSR count). The van der Waals surface area contributed by atoms with Crippen LogP contribution < -0.4 is 4.74 Å². The van der Waals surface area contributed by atoms with E-state index < -0.39 is 0 Å². The molecule has 2 heteroatoms. The Balaban J connectivity index is 2.25. The third-order valence-corrected chi connectivity index (χ3v) is 3.70. The van der Waals surface area contributed by atoms with Crippen molar-refractivity contribution in [2.75, 3.05) is 6.61 Å². The van der Waals surface area contributed by atoms with Gasteiger partial charge in [-0.25, -0.2) is 0 Å². The molecule has 0 radical (unpaired) electrons. The van der Waals surface area contributed by atoms with E-state index in [1.54, 1.807) is 0 Å². The molecule has 0 saturated heterocycles. The summed E-state index contributed by atoms with van der Waals surface area (Å²) in [6.07, 6.45) is 5.96. The van der Waals surface area contributed by atoms with Gasteiger partial charge in [-0.15, -0.1) is 0 Å². The predicted molar refractivity (Wildman–Crippen MR) is 84.2 cm³/mol. The van der Waals surface area contributed by atoms with Crippen LogP contribution in [-0.4, -0.2) is 12.4 Å². The topological polar surface area (TPSA) is 26.3 Å². The number of unbranched alkanes of at least 4 members (excludes halogenated alkanes) is 1. The summed E-state index contributed by atoms with van der Waals surface area (Å²) in [4.78, 5) is 12.0. The smallest absolute Gasteiger partial charge is 0.136 e. The van der Waals surface area contributed by atoms with Crippen molar-refractivity contribution in [1.82, 2.24) is 0 Å². The van der Waals surface area contributed by atoms with Gasteiger partial charge in [0.2, 0.25) is 0 Å². The molecule has 0 aliphatic rings. The number of ether oxygens (including phenoxy) is 1. The Morgan fingerprint density at radius 2 is 2.10 bits per heavy atom. The van der Waals surface area contributed by atoms with Crippen molar-refractivity contribution in [3.8, 4) is 5.75 Å². The average Bonchev–Trinajstić information content (AvgIpc) is 2.43. The fourth-order valence-electron chi connectivity index (χ4n) is 2.36. The summed E-state index contributed by atoms with van der Waals surface area (Å²) in [6.45, 7) is 6.91. The molecule has 0 spiro atoms. The SMILES string of the molecule is CCCCC(CC)CC(=O)CCOc1cccc(C)c1. The molecule has 0 saturated carbocycles. The summed E-state index contributed by atoms with van der Waals surface area (Å²) in [5.41, 5.74) is 1.18. The number of Topliss-reactive ketones (excluding diaryl/α,β-unsaturated/α-hetero) is 1. The first-order valence-electron chi connectivity index (χ1n) is 7.86. The highest BCUT2D eigenvalue weighted by Gasteiger charge is 2.11. The van der Waals surface area contributed by atoms with Crippen LogP contribution in [0.2, 0.25) is 0 Å². The molecule has 0 aliphatic carbocycles. The number of hydrogen-bond donors (Lipinski definition) is 0. The van der Waals surface area contributed by atoms with Gasteiger partial charge in [0.1, 0.15) is 11.5 Å². The summed E-state index contributed by atoms with van der Waals surface area (Å²) in [5, 5.41) is 0. The van der Waals surface area contributed by atoms with E-state index in [4.69, 9.17) is 4.74 Å². The highest BCUT2D eigenvalue weighted by Crippen LogP contribution is 2.18. The maximum absolute atomic E-state index is 12.0. The van der Waals surface area contributed by atoms with Crippen LogP contribution in [0.15, 0.2) is 24.3 Å². The zero-order valence-corrected chi connectivity index (χ0v) is 13.2. The third-order valence-electron chi connectivity index (χ3n) is 3.70. The Kier molecular flexibility index (Phi) is 8.01. The lowest BCUT2D eigenvalue weighted by molar-refractivity contribution is -0.120. The number of carbonyl (C=O) groups is 1. The molecule has 0 N–H and O–H groups in total. The zero-order valence-electron chi connectivity index (χ0n) is 13.2. The van der Waals surface area contributed by atoms with Crippen molar-refractivity contribution >= 4 is 5.78 Å². The lowest BCUT2D eigenvalue weighted by Gasteiger charge is -2.13. The Morgan fingerprint density at radius 1 is 1.30 bits per heavy atom. The second-order valence-electron chi connectivity index (χ2n) is 5.57. The van der Waals surface area contributed by atoms with Gasteiger partial charge in [0.25, 0.3) is 0 Å². The van der Waals surface area contributed by atoms with Crippen molar-refractivity contribution in [2.45, 2.75) is 59.3 Å². The lowest BCUT2D eigenvalue weighted by Crippen LogP contribution is -2.11. The maximum atomic E-state index is 12.0. The molecule has 0 fully saturated rings. The van der Waals surface area contributed by atoms with Crippen molar-refractivity contribution < 1.29 is 9.53 Å². The standard InChI is InChI=1S/C18H28O2/c1-4-6-9-16(5-2)14-17(19)11-12-20-18-10-7-8-15(3)13-18/h7-8,10,13,16H,4-6,9,11-12,14H2,1-3H3. The number of aryl methyl sites for hydroxylation is 1. The third kappa shape index (κ3) is 6.74. The molecule has 0 aromatic heterocycles. The van der Waals surface area contributed by atoms with E-state index in [1.165, 1.54) is 24.8 Å². The first kappa shape index (κ1) is 16.7. The van der Waals surface area contributed by atoms with Crippen LogP contribution in [0.4, 0.5) is 0 Å². The van der Waals surface area contributed by atoms with Crippen LogP contribution in [0.1, 0.15) is 57.9 Å². The van der Waals surface area contributed by atoms with Gasteiger partial charge in [0.05, 0.1) is 6.61 Å². The molecule has 0 bridgehead atoms. The van der Waals surface area contributed by atoms with E-state index in [-0.39, 0.29) is 0 Å². The minimum absolute atomic E-state index is 0.334. The molecule has 0 heterocycles. The zero-order chi connectivity index (χ0) is 14.8. The summed E-state index contributed by atoms with van der Waals surface area (Å²) in [7, 11) is 0. The molecule has 0 amide bonds. The van der Waals surface area contributed by atoms with Gasteiger partial charge >= 0.3 is 0 Å². The minimum atomic E-state index is 0.334. The number of benzene rings is 1. The van der Waals surface area contributed by atoms with E-state index >= 15 is 0 Å². The first-order valence-corrected chi connectivity index (χ1v) is 7.86. The van der Waals surface area contributed by atoms with E-state index in [1.807, 2.05) is 31.2 Å². The highest BCUT2D eigenvalue weighted by molar-refractivity contribution is 5.78. The number of rotatable bonds is 10. The second kappa shape index (κ2) is 9.57. The van der Waals surface area contributed by atoms with Gasteiger partial charge in [-0.3, -0.25) is 4.79 Å². The molecule has 20 heavy (non-hydrogen) atoms. The van der Waals surface area contributed by atoms with Gasteiger partial charge in [0, 0.05) is 12.8 Å². The fourth-order valence-corrected chi connectivity index (χ4v) is 2.36. The largest absolute Gasteiger partial charge is 0.493 e. The molecule has 2 nitrogen and oxygen atoms in total. The molecular weight excluding hydrogens is 248 g/mol. The summed E-state index contributed by atoms with van der Waals surface area (Å²) in [6, 6.07) is 7.95. The molecule has 1 aromatic rings. The van der Waals surface area contributed by atoms with E-state index in [0.717, 1.165) is 12.2 Å². The van der Waals surface area contributed by atoms with Crippen molar-refractivity contribution in [2.24, 2.45) is 5.92 Å². The van der Waals surface area contributed by atoms with Gasteiger partial charge in [0.15, 0.2) is 0 Å². The van der Waals surface area contributed by atoms with E-state index in [9.17, 15) is 4.79 Å². The van der Waals surface area contributed by atoms with Crippen LogP contribution in [0.25, 0.3) is 0 Å². The number of ketones is 1. The molecule has 1 aromatic carbocycles. The van der Waals surface area contributed by atoms with Crippen molar-refractivity contribution in [3.05, 3.63) is 29.8 Å². The van der Waals surface area contributed by atoms with Gasteiger partial charge in [-0.05, 0) is 30.5 Å². The highest BCUT2D eigenvalue weighted by atomic mass is 16.5. The first-order chi connectivity index (χ1) is 9.65. The van der Waals surface area contributed by atoms with Crippen LogP contribution in [0.5, 0.6) is 5.75 Å². The van der Waals surface area contributed by atoms with E-state index in [2.05, 4.69) is 13.8 Å². The van der Waals surface area contributed by atoms with Crippen molar-refractivity contribution in [1.29, 1.82) is 0 Å². The maximum Gasteiger partial charge on any atom is 0.136 e. The Labute approximate surface area is 123 Å². The molecular formula is C18H28O2. The van der Waals surface area contributed by atoms with Crippen LogP contribution >= 0.6 is 0 Å². The fraction of sp³-hybridized carbons (Fsp3) is 0.611. The van der Waals surface area contributed by atoms with Gasteiger partial charge < -0.3 is 4.74 Å². The van der Waals surface area contributed by atoms with Gasteiger partial charge in [-0.1, -0.05) is 51.7 Å². The summed E-state index contributed by atoms with van der Waals surface area (Å²) < 4.78 is 5.63. The van der Waals surface area contributed by atoms with Crippen molar-refractivity contribution in [3.63, 3.8) is 0 Å². The number of carbonyl (C=O) groups excluding carboxylic acids is 1. The average molecular weight is 276 g/mol. The minimum Gasteiger partial charge on any atom is -0.493 e. The number of hydrogen-bond acceptors (Lipinski definition) is 2. The normalized spacial score (nSPS) is 12.2. The summed E-state index contributed by atoms with van der Waals surface area (Å²) in [5.74, 6) is 1.75. The summed E-state index contributed by atoms with van der Waals surface area (Å²) >= 11 is 0. The molecule has 0 aliphatic heterocycles. The lowest BCUT2D eigenvalue weighted by atomic mass is 9.93. The predicted octanol–water partition coefficient (Wildman–Crippen LogP) is 4.94. The Hall–Kier alpha value is -1.31. The van der Waals surface area contributed by atoms with Gasteiger partial charge in [-0.2, -0.15) is 0 Å². The molecule has 112 valence electrons. The quantitative estimate of drug-likeness (QED) is 0.605. The van der Waals surface area contributed by atoms with E-state index in [0.29, 0.717) is 31.1 Å². The molecule has 1 atom stereocenters. The molecule has 1 unspecified atom stereocenters. The van der Waals surface area contributed by atoms with Crippen LogP contribution in [-0.2, 0) is 4.79 Å². The Morgan fingerprint density at radius 3 is 2.75 bits per heavy atom.